The number of esters is 1. The Balaban J connectivity index is 1.77. The minimum Gasteiger partial charge on any atom is -0.457 e. The molecule has 30 heavy (non-hydrogen) atoms. The minimum atomic E-state index is -0.688. The lowest BCUT2D eigenvalue weighted by Crippen LogP contribution is -2.37. The number of nitrogens with zero attached hydrogens (tertiary/aromatic N) is 1. The van der Waals surface area contributed by atoms with Crippen LogP contribution in [0.1, 0.15) is 24.2 Å². The average molecular weight is 410 g/mol. The van der Waals surface area contributed by atoms with E-state index in [-0.39, 0.29) is 19.1 Å². The number of rotatable bonds is 10. The molecule has 158 valence electrons. The molecule has 0 heterocycles. The lowest BCUT2D eigenvalue weighted by atomic mass is 10.2. The highest BCUT2D eigenvalue weighted by Gasteiger charge is 2.15. The summed E-state index contributed by atoms with van der Waals surface area (Å²) in [5.41, 5.74) is 1.21. The quantitative estimate of drug-likeness (QED) is 0.480. The van der Waals surface area contributed by atoms with E-state index in [0.717, 1.165) is 5.57 Å². The molecule has 2 amide bonds. The Kier molecular flexibility index (Phi) is 8.62. The fourth-order valence-corrected chi connectivity index (χ4v) is 2.54. The summed E-state index contributed by atoms with van der Waals surface area (Å²) >= 11 is 0. The van der Waals surface area contributed by atoms with Gasteiger partial charge in [0.15, 0.2) is 6.61 Å². The van der Waals surface area contributed by atoms with E-state index >= 15 is 0 Å². The second kappa shape index (κ2) is 11.4. The van der Waals surface area contributed by atoms with Gasteiger partial charge < -0.3 is 19.7 Å². The van der Waals surface area contributed by atoms with Crippen molar-refractivity contribution in [1.82, 2.24) is 10.2 Å². The predicted molar refractivity (Wildman–Crippen MR) is 113 cm³/mol. The molecule has 0 saturated carbocycles. The van der Waals surface area contributed by atoms with Crippen molar-refractivity contribution < 1.29 is 23.9 Å². The topological polar surface area (TPSA) is 84.9 Å². The third kappa shape index (κ3) is 7.43. The van der Waals surface area contributed by atoms with Crippen molar-refractivity contribution in [2.45, 2.75) is 13.8 Å². The molecule has 0 aromatic heterocycles. The Labute approximate surface area is 176 Å². The van der Waals surface area contributed by atoms with Crippen molar-refractivity contribution >= 4 is 17.8 Å². The van der Waals surface area contributed by atoms with Crippen molar-refractivity contribution in [2.24, 2.45) is 0 Å². The summed E-state index contributed by atoms with van der Waals surface area (Å²) in [6.45, 7) is 7.61. The summed E-state index contributed by atoms with van der Waals surface area (Å²) in [5, 5.41) is 2.47. The normalized spacial score (nSPS) is 10.1. The molecule has 0 aliphatic carbocycles. The van der Waals surface area contributed by atoms with Crippen LogP contribution in [0.5, 0.6) is 11.5 Å². The van der Waals surface area contributed by atoms with Crippen LogP contribution in [-0.2, 0) is 14.3 Å². The zero-order valence-electron chi connectivity index (χ0n) is 17.2. The molecule has 7 nitrogen and oxygen atoms in total. The number of para-hydroxylation sites is 1. The zero-order chi connectivity index (χ0) is 21.9. The Hall–Kier alpha value is -3.61. The van der Waals surface area contributed by atoms with Gasteiger partial charge in [-0.2, -0.15) is 0 Å². The summed E-state index contributed by atoms with van der Waals surface area (Å²) in [6, 6.07) is 15.8. The molecule has 0 atom stereocenters. The third-order valence-electron chi connectivity index (χ3n) is 4.04. The predicted octanol–water partition coefficient (Wildman–Crippen LogP) is 3.18. The lowest BCUT2D eigenvalue weighted by Gasteiger charge is -2.20. The van der Waals surface area contributed by atoms with Crippen molar-refractivity contribution in [3.8, 4) is 11.5 Å². The second-order valence-corrected chi connectivity index (χ2v) is 6.65. The molecule has 0 bridgehead atoms. The summed E-state index contributed by atoms with van der Waals surface area (Å²) in [5.74, 6) is -0.147. The first-order valence-electron chi connectivity index (χ1n) is 9.58. The van der Waals surface area contributed by atoms with Crippen molar-refractivity contribution in [2.75, 3.05) is 26.2 Å². The molecule has 1 N–H and O–H groups in total. The number of ether oxygens (including phenoxy) is 2. The average Bonchev–Trinajstić information content (AvgIpc) is 2.75. The van der Waals surface area contributed by atoms with Crippen molar-refractivity contribution in [3.63, 3.8) is 0 Å². The van der Waals surface area contributed by atoms with Gasteiger partial charge in [-0.1, -0.05) is 30.4 Å². The number of benzene rings is 2. The fraction of sp³-hybridized carbons (Fsp3) is 0.261. The monoisotopic (exact) mass is 410 g/mol. The van der Waals surface area contributed by atoms with Crippen LogP contribution in [0.15, 0.2) is 66.7 Å². The molecule has 2 aromatic carbocycles. The number of carbonyl (C=O) groups excluding carboxylic acids is 3. The Morgan fingerprint density at radius 2 is 1.63 bits per heavy atom. The SMILES string of the molecule is C=C(C)CN(CC)C(=O)COC(=O)CNC(=O)c1ccc(Oc2ccccc2)cc1. The maximum absolute atomic E-state index is 12.2. The Morgan fingerprint density at radius 3 is 2.23 bits per heavy atom. The van der Waals surface area contributed by atoms with Gasteiger partial charge in [-0.15, -0.1) is 0 Å². The van der Waals surface area contributed by atoms with Crippen LogP contribution in [0.25, 0.3) is 0 Å². The lowest BCUT2D eigenvalue weighted by molar-refractivity contribution is -0.150. The highest BCUT2D eigenvalue weighted by Crippen LogP contribution is 2.21. The van der Waals surface area contributed by atoms with Crippen LogP contribution in [0.3, 0.4) is 0 Å². The zero-order valence-corrected chi connectivity index (χ0v) is 17.2. The molecule has 0 aliphatic heterocycles. The van der Waals surface area contributed by atoms with Crippen LogP contribution in [0, 0.1) is 0 Å². The molecule has 2 rings (SSSR count). The maximum atomic E-state index is 12.2. The van der Waals surface area contributed by atoms with E-state index in [1.807, 2.05) is 44.2 Å². The van der Waals surface area contributed by atoms with Crippen molar-refractivity contribution in [1.29, 1.82) is 0 Å². The first-order valence-corrected chi connectivity index (χ1v) is 9.58. The van der Waals surface area contributed by atoms with Gasteiger partial charge in [-0.3, -0.25) is 14.4 Å². The number of nitrogens with one attached hydrogen (secondary N) is 1. The molecule has 0 radical (unpaired) electrons. The standard InChI is InChI=1S/C23H26N2O5/c1-4-25(15-17(2)3)21(26)16-29-22(27)14-24-23(28)18-10-12-20(13-11-18)30-19-8-6-5-7-9-19/h5-13H,2,4,14-16H2,1,3H3,(H,24,28). The molecule has 0 spiro atoms. The number of likely N-dealkylation sites (N-methyl/N-ethyl adjacent to an activating group) is 1. The van der Waals surface area contributed by atoms with E-state index < -0.39 is 11.9 Å². The van der Waals surface area contributed by atoms with Gasteiger partial charge in [0, 0.05) is 18.7 Å². The van der Waals surface area contributed by atoms with E-state index in [2.05, 4.69) is 11.9 Å². The second-order valence-electron chi connectivity index (χ2n) is 6.65. The van der Waals surface area contributed by atoms with E-state index in [1.54, 1.807) is 24.3 Å². The van der Waals surface area contributed by atoms with Crippen LogP contribution in [0.2, 0.25) is 0 Å². The summed E-state index contributed by atoms with van der Waals surface area (Å²) < 4.78 is 10.6. The first kappa shape index (κ1) is 22.7. The van der Waals surface area contributed by atoms with Gasteiger partial charge in [0.1, 0.15) is 18.0 Å². The van der Waals surface area contributed by atoms with Gasteiger partial charge in [0.05, 0.1) is 0 Å². The number of carbonyl (C=O) groups is 3. The van der Waals surface area contributed by atoms with Gasteiger partial charge in [0.2, 0.25) is 0 Å². The molecule has 0 saturated heterocycles. The Bertz CT molecular complexity index is 878. The third-order valence-corrected chi connectivity index (χ3v) is 4.04. The van der Waals surface area contributed by atoms with Gasteiger partial charge >= 0.3 is 5.97 Å². The smallest absolute Gasteiger partial charge is 0.325 e. The highest BCUT2D eigenvalue weighted by molar-refractivity contribution is 5.96. The number of hydrogen-bond donors (Lipinski definition) is 1. The van der Waals surface area contributed by atoms with E-state index in [1.165, 1.54) is 4.90 Å². The van der Waals surface area contributed by atoms with Gasteiger partial charge in [0.25, 0.3) is 11.8 Å². The van der Waals surface area contributed by atoms with Gasteiger partial charge in [-0.25, -0.2) is 0 Å². The molecule has 7 heteroatoms. The van der Waals surface area contributed by atoms with Crippen molar-refractivity contribution in [3.05, 3.63) is 72.3 Å². The van der Waals surface area contributed by atoms with Crippen LogP contribution in [0.4, 0.5) is 0 Å². The molecule has 0 unspecified atom stereocenters. The fourth-order valence-electron chi connectivity index (χ4n) is 2.54. The molecule has 2 aromatic rings. The van der Waals surface area contributed by atoms with E-state index in [9.17, 15) is 14.4 Å². The summed E-state index contributed by atoms with van der Waals surface area (Å²) in [6.07, 6.45) is 0. The Morgan fingerprint density at radius 1 is 1.00 bits per heavy atom. The molecular weight excluding hydrogens is 384 g/mol. The number of amides is 2. The van der Waals surface area contributed by atoms with Crippen LogP contribution in [-0.4, -0.2) is 48.9 Å². The number of hydrogen-bond acceptors (Lipinski definition) is 5. The maximum Gasteiger partial charge on any atom is 0.325 e. The van der Waals surface area contributed by atoms with Gasteiger partial charge in [-0.05, 0) is 50.2 Å². The largest absolute Gasteiger partial charge is 0.457 e. The minimum absolute atomic E-state index is 0.311. The first-order chi connectivity index (χ1) is 14.4. The van der Waals surface area contributed by atoms with Crippen LogP contribution >= 0.6 is 0 Å². The molecule has 0 fully saturated rings. The van der Waals surface area contributed by atoms with E-state index in [4.69, 9.17) is 9.47 Å². The molecule has 0 aliphatic rings. The molecular formula is C23H26N2O5. The summed E-state index contributed by atoms with van der Waals surface area (Å²) in [7, 11) is 0. The highest BCUT2D eigenvalue weighted by atomic mass is 16.5. The summed E-state index contributed by atoms with van der Waals surface area (Å²) in [4.78, 5) is 37.6. The van der Waals surface area contributed by atoms with Crippen LogP contribution < -0.4 is 10.1 Å². The van der Waals surface area contributed by atoms with E-state index in [0.29, 0.717) is 30.2 Å².